The summed E-state index contributed by atoms with van der Waals surface area (Å²) in [5, 5.41) is 7.74. The minimum absolute atomic E-state index is 0.0207. The van der Waals surface area contributed by atoms with Gasteiger partial charge in [0.25, 0.3) is 11.5 Å². The van der Waals surface area contributed by atoms with E-state index in [0.717, 1.165) is 12.1 Å². The van der Waals surface area contributed by atoms with Gasteiger partial charge in [0.1, 0.15) is 0 Å². The summed E-state index contributed by atoms with van der Waals surface area (Å²) in [6.07, 6.45) is 2.51. The Hall–Kier alpha value is -3.07. The number of rotatable bonds is 5. The number of methoxy groups -OCH3 is 1. The van der Waals surface area contributed by atoms with Crippen molar-refractivity contribution in [2.45, 2.75) is 25.4 Å². The highest BCUT2D eigenvalue weighted by Crippen LogP contribution is 2.35. The van der Waals surface area contributed by atoms with Gasteiger partial charge in [0.2, 0.25) is 0 Å². The Bertz CT molecular complexity index is 1010. The molecule has 1 saturated heterocycles. The molecule has 2 atom stereocenters. The summed E-state index contributed by atoms with van der Waals surface area (Å²) in [7, 11) is 3.13. The van der Waals surface area contributed by atoms with E-state index < -0.39 is 0 Å². The van der Waals surface area contributed by atoms with Crippen LogP contribution in [-0.4, -0.2) is 70.2 Å². The molecule has 2 aromatic rings. The number of fused-ring (bicyclic) bond motifs is 4. The number of aromatic nitrogens is 3. The molecule has 0 unspecified atom stereocenters. The Morgan fingerprint density at radius 1 is 1.23 bits per heavy atom. The fourth-order valence-electron chi connectivity index (χ4n) is 4.49. The third-order valence-electron chi connectivity index (χ3n) is 5.83. The van der Waals surface area contributed by atoms with Crippen LogP contribution in [0.4, 0.5) is 0 Å². The van der Waals surface area contributed by atoms with Crippen LogP contribution in [0, 0.1) is 5.92 Å². The molecule has 4 heterocycles. The van der Waals surface area contributed by atoms with Crippen molar-refractivity contribution in [3.63, 3.8) is 0 Å². The zero-order valence-electron chi connectivity index (χ0n) is 17.2. The van der Waals surface area contributed by atoms with Gasteiger partial charge in [-0.15, -0.1) is 5.10 Å². The monoisotopic (exact) mass is 411 g/mol. The first-order valence-corrected chi connectivity index (χ1v) is 10.0. The third-order valence-corrected chi connectivity index (χ3v) is 5.83. The molecule has 2 bridgehead atoms. The van der Waals surface area contributed by atoms with Crippen molar-refractivity contribution in [2.24, 2.45) is 5.92 Å². The van der Waals surface area contributed by atoms with Crippen molar-refractivity contribution in [1.82, 2.24) is 24.6 Å². The van der Waals surface area contributed by atoms with Crippen LogP contribution in [0.1, 0.15) is 34.1 Å². The Balaban J connectivity index is 1.53. The molecular weight excluding hydrogens is 386 g/mol. The van der Waals surface area contributed by atoms with Crippen molar-refractivity contribution in [1.29, 1.82) is 0 Å². The highest BCUT2D eigenvalue weighted by Gasteiger charge is 2.37. The van der Waals surface area contributed by atoms with Crippen LogP contribution in [0.5, 0.6) is 0 Å². The Morgan fingerprint density at radius 2 is 2.07 bits per heavy atom. The Kier molecular flexibility index (Phi) is 5.63. The van der Waals surface area contributed by atoms with Crippen LogP contribution in [0.15, 0.2) is 35.3 Å². The topological polar surface area (TPSA) is 97.6 Å². The predicted octanol–water partition coefficient (Wildman–Crippen LogP) is 0.503. The molecule has 158 valence electrons. The molecular formula is C21H25N5O4. The smallest absolute Gasteiger partial charge is 0.319 e. The standard InChI is InChI=1S/C21H25N5O4/c1-24(13-19(27)30-2)11-15-5-6-18-16-8-14(10-26(18)20(15)28)9-25(12-16)21(29)17-4-3-7-22-23-17/h3-7,14,16H,8-13H2,1-2H3/t14-,16+/m0/s1. The van der Waals surface area contributed by atoms with Gasteiger partial charge in [0, 0.05) is 49.6 Å². The number of carbonyl (C=O) groups excluding carboxylic acids is 2. The summed E-state index contributed by atoms with van der Waals surface area (Å²) < 4.78 is 6.54. The molecule has 30 heavy (non-hydrogen) atoms. The number of likely N-dealkylation sites (N-methyl/N-ethyl adjacent to an activating group) is 1. The lowest BCUT2D eigenvalue weighted by Crippen LogP contribution is -2.49. The molecule has 9 nitrogen and oxygen atoms in total. The summed E-state index contributed by atoms with van der Waals surface area (Å²) in [6, 6.07) is 7.21. The minimum Gasteiger partial charge on any atom is -0.468 e. The largest absolute Gasteiger partial charge is 0.468 e. The average molecular weight is 411 g/mol. The summed E-state index contributed by atoms with van der Waals surface area (Å²) >= 11 is 0. The van der Waals surface area contributed by atoms with Gasteiger partial charge >= 0.3 is 5.97 Å². The van der Waals surface area contributed by atoms with E-state index in [1.54, 1.807) is 30.3 Å². The first kappa shape index (κ1) is 20.2. The second-order valence-electron chi connectivity index (χ2n) is 8.07. The van der Waals surface area contributed by atoms with Crippen LogP contribution in [0.3, 0.4) is 0 Å². The van der Waals surface area contributed by atoms with Gasteiger partial charge in [-0.05, 0) is 37.6 Å². The van der Waals surface area contributed by atoms with Crippen LogP contribution in [0.25, 0.3) is 0 Å². The molecule has 1 amide bonds. The fraction of sp³-hybridized carbons (Fsp3) is 0.476. The highest BCUT2D eigenvalue weighted by molar-refractivity contribution is 5.92. The lowest BCUT2D eigenvalue weighted by atomic mass is 9.83. The number of hydrogen-bond donors (Lipinski definition) is 0. The zero-order valence-corrected chi connectivity index (χ0v) is 17.2. The maximum atomic E-state index is 13.1. The van der Waals surface area contributed by atoms with Gasteiger partial charge in [-0.3, -0.25) is 19.3 Å². The first-order chi connectivity index (χ1) is 14.5. The van der Waals surface area contributed by atoms with Gasteiger partial charge in [-0.25, -0.2) is 0 Å². The summed E-state index contributed by atoms with van der Waals surface area (Å²) in [4.78, 5) is 41.0. The van der Waals surface area contributed by atoms with Crippen molar-refractivity contribution >= 4 is 11.9 Å². The van der Waals surface area contributed by atoms with E-state index in [1.165, 1.54) is 7.11 Å². The molecule has 1 fully saturated rings. The molecule has 2 aliphatic heterocycles. The van der Waals surface area contributed by atoms with E-state index in [1.807, 2.05) is 21.6 Å². The van der Waals surface area contributed by atoms with E-state index in [9.17, 15) is 14.4 Å². The zero-order chi connectivity index (χ0) is 21.3. The molecule has 0 aromatic carbocycles. The van der Waals surface area contributed by atoms with Crippen LogP contribution < -0.4 is 5.56 Å². The molecule has 2 aliphatic rings. The number of amides is 1. The van der Waals surface area contributed by atoms with E-state index in [4.69, 9.17) is 0 Å². The first-order valence-electron chi connectivity index (χ1n) is 10.0. The lowest BCUT2D eigenvalue weighted by molar-refractivity contribution is -0.141. The maximum absolute atomic E-state index is 13.1. The Labute approximate surface area is 174 Å². The van der Waals surface area contributed by atoms with E-state index in [0.29, 0.717) is 37.4 Å². The summed E-state index contributed by atoms with van der Waals surface area (Å²) in [5.74, 6) is -0.113. The SMILES string of the molecule is COC(=O)CN(C)Cc1ccc2n(c1=O)C[C@H]1C[C@@H]2CN(C(=O)c2cccnn2)C1. The van der Waals surface area contributed by atoms with E-state index in [-0.39, 0.29) is 35.8 Å². The van der Waals surface area contributed by atoms with Crippen LogP contribution in [0.2, 0.25) is 0 Å². The lowest BCUT2D eigenvalue weighted by Gasteiger charge is -2.42. The van der Waals surface area contributed by atoms with Gasteiger partial charge < -0.3 is 14.2 Å². The van der Waals surface area contributed by atoms with Crippen molar-refractivity contribution in [2.75, 3.05) is 33.8 Å². The summed E-state index contributed by atoms with van der Waals surface area (Å²) in [5.41, 5.74) is 1.94. The van der Waals surface area contributed by atoms with Crippen molar-refractivity contribution < 1.29 is 14.3 Å². The van der Waals surface area contributed by atoms with Gasteiger partial charge in [0.05, 0.1) is 13.7 Å². The van der Waals surface area contributed by atoms with Crippen molar-refractivity contribution in [3.05, 3.63) is 57.8 Å². The highest BCUT2D eigenvalue weighted by atomic mass is 16.5. The minimum atomic E-state index is -0.335. The molecule has 0 N–H and O–H groups in total. The number of carbonyl (C=O) groups is 2. The van der Waals surface area contributed by atoms with Gasteiger partial charge in [-0.1, -0.05) is 6.07 Å². The molecule has 0 saturated carbocycles. The van der Waals surface area contributed by atoms with E-state index in [2.05, 4.69) is 14.9 Å². The number of ether oxygens (including phenoxy) is 1. The van der Waals surface area contributed by atoms with Gasteiger partial charge in [-0.2, -0.15) is 5.10 Å². The number of pyridine rings is 1. The normalized spacial score (nSPS) is 20.0. The van der Waals surface area contributed by atoms with Crippen molar-refractivity contribution in [3.8, 4) is 0 Å². The summed E-state index contributed by atoms with van der Waals surface area (Å²) in [6.45, 7) is 2.25. The third kappa shape index (κ3) is 3.97. The predicted molar refractivity (Wildman–Crippen MR) is 108 cm³/mol. The molecule has 4 rings (SSSR count). The van der Waals surface area contributed by atoms with Gasteiger partial charge in [0.15, 0.2) is 5.69 Å². The molecule has 2 aromatic heterocycles. The average Bonchev–Trinajstić information content (AvgIpc) is 2.75. The molecule has 0 spiro atoms. The molecule has 0 radical (unpaired) electrons. The molecule has 9 heteroatoms. The van der Waals surface area contributed by atoms with Crippen LogP contribution in [-0.2, 0) is 22.6 Å². The second kappa shape index (κ2) is 8.35. The maximum Gasteiger partial charge on any atom is 0.319 e. The Morgan fingerprint density at radius 3 is 2.80 bits per heavy atom. The fourth-order valence-corrected chi connectivity index (χ4v) is 4.49. The molecule has 0 aliphatic carbocycles. The number of piperidine rings is 1. The van der Waals surface area contributed by atoms with Crippen LogP contribution >= 0.6 is 0 Å². The number of likely N-dealkylation sites (tertiary alicyclic amines) is 1. The number of nitrogens with zero attached hydrogens (tertiary/aromatic N) is 5. The van der Waals surface area contributed by atoms with E-state index >= 15 is 0 Å². The number of esters is 1. The quantitative estimate of drug-likeness (QED) is 0.661. The number of hydrogen-bond acceptors (Lipinski definition) is 7. The second-order valence-corrected chi connectivity index (χ2v) is 8.07.